The molecule has 1 aliphatic heterocycles. The molecule has 3 unspecified atom stereocenters. The molecule has 5 nitrogen and oxygen atoms in total. The predicted molar refractivity (Wildman–Crippen MR) is 136 cm³/mol. The Kier molecular flexibility index (Phi) is 16.6. The number of unbranched alkanes of at least 4 members (excludes halogenated alkanes) is 11. The number of carbonyl (C=O) groups is 2. The third kappa shape index (κ3) is 13.4. The first-order chi connectivity index (χ1) is 15.9. The molecule has 4 atom stereocenters. The summed E-state index contributed by atoms with van der Waals surface area (Å²) in [5.41, 5.74) is 6.07. The van der Waals surface area contributed by atoms with E-state index in [0.717, 1.165) is 38.5 Å². The van der Waals surface area contributed by atoms with E-state index in [1.807, 2.05) is 0 Å². The van der Waals surface area contributed by atoms with E-state index in [0.29, 0.717) is 18.8 Å². The monoisotopic (exact) mass is 467 g/mol. The lowest BCUT2D eigenvalue weighted by Crippen LogP contribution is -2.47. The van der Waals surface area contributed by atoms with Gasteiger partial charge in [0, 0.05) is 6.42 Å². The van der Waals surface area contributed by atoms with Gasteiger partial charge in [0.25, 0.3) is 0 Å². The number of carbonyl (C=O) groups excluding carboxylic acids is 2. The maximum Gasteiger partial charge on any atom is 0.323 e. The Morgan fingerprint density at radius 3 is 2.00 bits per heavy atom. The van der Waals surface area contributed by atoms with E-state index in [1.54, 1.807) is 0 Å². The molecule has 5 heteroatoms. The number of nitrogens with two attached hydrogens (primary N) is 1. The fourth-order valence-electron chi connectivity index (χ4n) is 4.73. The van der Waals surface area contributed by atoms with Crippen molar-refractivity contribution in [2.45, 2.75) is 155 Å². The second kappa shape index (κ2) is 18.3. The minimum atomic E-state index is -0.579. The summed E-state index contributed by atoms with van der Waals surface area (Å²) >= 11 is 0. The normalized spacial score (nSPS) is 19.8. The van der Waals surface area contributed by atoms with Crippen molar-refractivity contribution in [2.24, 2.45) is 17.6 Å². The summed E-state index contributed by atoms with van der Waals surface area (Å²) in [5, 5.41) is 0. The van der Waals surface area contributed by atoms with E-state index in [1.165, 1.54) is 57.8 Å². The minimum absolute atomic E-state index is 0.0319. The summed E-state index contributed by atoms with van der Waals surface area (Å²) in [7, 11) is 0. The van der Waals surface area contributed by atoms with E-state index >= 15 is 0 Å². The van der Waals surface area contributed by atoms with Gasteiger partial charge in [0.05, 0.1) is 5.92 Å². The molecule has 194 valence electrons. The molecule has 1 aliphatic rings. The van der Waals surface area contributed by atoms with Crippen molar-refractivity contribution in [3.8, 4) is 0 Å². The van der Waals surface area contributed by atoms with Crippen molar-refractivity contribution in [1.29, 1.82) is 0 Å². The zero-order valence-corrected chi connectivity index (χ0v) is 22.1. The van der Waals surface area contributed by atoms with Crippen molar-refractivity contribution in [3.63, 3.8) is 0 Å². The molecule has 0 aromatic rings. The molecule has 1 fully saturated rings. The number of hydrogen-bond donors (Lipinski definition) is 1. The molecule has 0 aliphatic carbocycles. The van der Waals surface area contributed by atoms with Crippen LogP contribution in [0.2, 0.25) is 0 Å². The second-order valence-corrected chi connectivity index (χ2v) is 10.6. The van der Waals surface area contributed by atoms with E-state index in [4.69, 9.17) is 15.2 Å². The van der Waals surface area contributed by atoms with Crippen molar-refractivity contribution in [3.05, 3.63) is 0 Å². The van der Waals surface area contributed by atoms with Crippen LogP contribution in [0.3, 0.4) is 0 Å². The summed E-state index contributed by atoms with van der Waals surface area (Å²) in [6.07, 6.45) is 18.6. The highest BCUT2D eigenvalue weighted by atomic mass is 16.6. The molecule has 1 heterocycles. The fourth-order valence-corrected chi connectivity index (χ4v) is 4.73. The lowest BCUT2D eigenvalue weighted by molar-refractivity contribution is -0.190. The van der Waals surface area contributed by atoms with Gasteiger partial charge in [-0.05, 0) is 31.6 Å². The quantitative estimate of drug-likeness (QED) is 0.144. The van der Waals surface area contributed by atoms with Crippen LogP contribution < -0.4 is 5.73 Å². The Labute approximate surface area is 203 Å². The standard InChI is InChI=1S/C28H53NO4/c1-5-7-9-11-12-13-14-15-16-18-23(32-28(31)25(29)20-22(3)4)21-26-24(27(30)33-26)19-17-10-8-6-2/h22-26H,5-21,29H2,1-4H3/t23?,24?,25-,26?/m0/s1. The van der Waals surface area contributed by atoms with E-state index in [2.05, 4.69) is 27.7 Å². The summed E-state index contributed by atoms with van der Waals surface area (Å²) in [4.78, 5) is 24.6. The molecule has 0 amide bonds. The Bertz CT molecular complexity index is 522. The molecule has 0 spiro atoms. The van der Waals surface area contributed by atoms with Crippen molar-refractivity contribution in [1.82, 2.24) is 0 Å². The van der Waals surface area contributed by atoms with Gasteiger partial charge in [-0.1, -0.05) is 105 Å². The predicted octanol–water partition coefficient (Wildman–Crippen LogP) is 7.09. The smallest absolute Gasteiger partial charge is 0.323 e. The molecule has 0 aromatic carbocycles. The van der Waals surface area contributed by atoms with Crippen LogP contribution in [0, 0.1) is 11.8 Å². The topological polar surface area (TPSA) is 78.6 Å². The van der Waals surface area contributed by atoms with Crippen molar-refractivity contribution < 1.29 is 19.1 Å². The van der Waals surface area contributed by atoms with Crippen LogP contribution in [0.5, 0.6) is 0 Å². The Morgan fingerprint density at radius 2 is 1.45 bits per heavy atom. The first kappa shape index (κ1) is 29.9. The average Bonchev–Trinajstić information content (AvgIpc) is 2.76. The van der Waals surface area contributed by atoms with Crippen LogP contribution >= 0.6 is 0 Å². The van der Waals surface area contributed by atoms with Crippen LogP contribution in [0.1, 0.15) is 137 Å². The molecule has 0 bridgehead atoms. The molecular weight excluding hydrogens is 414 g/mol. The maximum atomic E-state index is 12.6. The van der Waals surface area contributed by atoms with Gasteiger partial charge < -0.3 is 15.2 Å². The molecule has 0 saturated carbocycles. The number of cyclic esters (lactones) is 1. The lowest BCUT2D eigenvalue weighted by Gasteiger charge is -2.37. The fraction of sp³-hybridized carbons (Fsp3) is 0.929. The molecule has 0 radical (unpaired) electrons. The number of esters is 2. The van der Waals surface area contributed by atoms with Crippen LogP contribution in [0.25, 0.3) is 0 Å². The zero-order valence-electron chi connectivity index (χ0n) is 22.1. The number of rotatable bonds is 21. The average molecular weight is 468 g/mol. The van der Waals surface area contributed by atoms with Gasteiger partial charge in [-0.25, -0.2) is 0 Å². The highest BCUT2D eigenvalue weighted by molar-refractivity contribution is 5.78. The highest BCUT2D eigenvalue weighted by Gasteiger charge is 2.43. The summed E-state index contributed by atoms with van der Waals surface area (Å²) < 4.78 is 11.3. The summed E-state index contributed by atoms with van der Waals surface area (Å²) in [5.74, 6) is -0.0742. The molecule has 0 aromatic heterocycles. The SMILES string of the molecule is CCCCCCCCCCCC(CC1OC(=O)C1CCCCCC)OC(=O)[C@@H](N)CC(C)C. The van der Waals surface area contributed by atoms with Gasteiger partial charge in [-0.3, -0.25) is 9.59 Å². The first-order valence-electron chi connectivity index (χ1n) is 14.1. The maximum absolute atomic E-state index is 12.6. The van der Waals surface area contributed by atoms with Crippen molar-refractivity contribution in [2.75, 3.05) is 0 Å². The lowest BCUT2D eigenvalue weighted by atomic mass is 9.86. The van der Waals surface area contributed by atoms with E-state index < -0.39 is 6.04 Å². The second-order valence-electron chi connectivity index (χ2n) is 10.6. The third-order valence-electron chi connectivity index (χ3n) is 6.82. The third-order valence-corrected chi connectivity index (χ3v) is 6.82. The van der Waals surface area contributed by atoms with E-state index in [9.17, 15) is 9.59 Å². The van der Waals surface area contributed by atoms with Crippen molar-refractivity contribution >= 4 is 11.9 Å². The van der Waals surface area contributed by atoms with Crippen LogP contribution in [0.4, 0.5) is 0 Å². The first-order valence-corrected chi connectivity index (χ1v) is 14.1. The molecule has 1 rings (SSSR count). The van der Waals surface area contributed by atoms with E-state index in [-0.39, 0.29) is 30.1 Å². The Hall–Kier alpha value is -1.10. The van der Waals surface area contributed by atoms with Crippen LogP contribution in [0.15, 0.2) is 0 Å². The molecule has 2 N–H and O–H groups in total. The zero-order chi connectivity index (χ0) is 24.5. The van der Waals surface area contributed by atoms with Gasteiger partial charge in [0.15, 0.2) is 0 Å². The largest absolute Gasteiger partial charge is 0.461 e. The van der Waals surface area contributed by atoms with Gasteiger partial charge in [-0.2, -0.15) is 0 Å². The Morgan fingerprint density at radius 1 is 0.909 bits per heavy atom. The Balaban J connectivity index is 2.47. The van der Waals surface area contributed by atoms with Gasteiger partial charge in [0.2, 0.25) is 0 Å². The van der Waals surface area contributed by atoms with Gasteiger partial charge in [-0.15, -0.1) is 0 Å². The van der Waals surface area contributed by atoms with Gasteiger partial charge in [0.1, 0.15) is 18.2 Å². The molecule has 1 saturated heterocycles. The van der Waals surface area contributed by atoms with Gasteiger partial charge >= 0.3 is 11.9 Å². The summed E-state index contributed by atoms with van der Waals surface area (Å²) in [6, 6.07) is -0.579. The summed E-state index contributed by atoms with van der Waals surface area (Å²) in [6.45, 7) is 8.56. The van der Waals surface area contributed by atoms with Crippen LogP contribution in [-0.4, -0.2) is 30.2 Å². The molecule has 33 heavy (non-hydrogen) atoms. The molecular formula is C28H53NO4. The highest BCUT2D eigenvalue weighted by Crippen LogP contribution is 2.32. The number of hydrogen-bond acceptors (Lipinski definition) is 5. The van der Waals surface area contributed by atoms with Crippen LogP contribution in [-0.2, 0) is 19.1 Å². The number of ether oxygens (including phenoxy) is 2. The minimum Gasteiger partial charge on any atom is -0.461 e.